The highest BCUT2D eigenvalue weighted by Gasteiger charge is 2.06. The number of fused-ring (bicyclic) bond motifs is 1. The first-order valence-corrected chi connectivity index (χ1v) is 8.31. The van der Waals surface area contributed by atoms with Gasteiger partial charge in [-0.3, -0.25) is 4.98 Å². The lowest BCUT2D eigenvalue weighted by atomic mass is 10.1. The Labute approximate surface area is 139 Å². The zero-order valence-corrected chi connectivity index (χ0v) is 14.2. The molecule has 1 N–H and O–H groups in total. The number of nitrogens with zero attached hydrogens (tertiary/aromatic N) is 1. The average Bonchev–Trinajstić information content (AvgIpc) is 2.55. The summed E-state index contributed by atoms with van der Waals surface area (Å²) in [6, 6.07) is 17.3. The van der Waals surface area contributed by atoms with Crippen LogP contribution in [0.25, 0.3) is 10.8 Å². The number of hydrogen-bond acceptors (Lipinski definition) is 2. The number of nitrogens with one attached hydrogen (secondary N) is 1. The molecule has 0 aliphatic heterocycles. The van der Waals surface area contributed by atoms with Crippen molar-refractivity contribution >= 4 is 26.7 Å². The van der Waals surface area contributed by atoms with Crippen LogP contribution in [0.3, 0.4) is 0 Å². The van der Waals surface area contributed by atoms with Gasteiger partial charge in [0, 0.05) is 34.8 Å². The van der Waals surface area contributed by atoms with Gasteiger partial charge in [-0.2, -0.15) is 0 Å². The van der Waals surface area contributed by atoms with Crippen LogP contribution in [0.1, 0.15) is 18.1 Å². The molecule has 3 heteroatoms. The molecule has 0 bridgehead atoms. The Morgan fingerprint density at radius 3 is 2.64 bits per heavy atom. The van der Waals surface area contributed by atoms with Crippen LogP contribution in [0.4, 0.5) is 0 Å². The van der Waals surface area contributed by atoms with E-state index in [2.05, 4.69) is 81.7 Å². The van der Waals surface area contributed by atoms with Crippen molar-refractivity contribution in [3.63, 3.8) is 0 Å². The summed E-state index contributed by atoms with van der Waals surface area (Å²) in [4.78, 5) is 4.34. The molecule has 0 fully saturated rings. The predicted octanol–water partition coefficient (Wildman–Crippen LogP) is 4.72. The van der Waals surface area contributed by atoms with Crippen molar-refractivity contribution in [2.75, 3.05) is 0 Å². The van der Waals surface area contributed by atoms with Crippen molar-refractivity contribution in [3.8, 4) is 0 Å². The average molecular weight is 355 g/mol. The van der Waals surface area contributed by atoms with Crippen molar-refractivity contribution in [1.82, 2.24) is 10.3 Å². The fourth-order valence-electron chi connectivity index (χ4n) is 2.65. The lowest BCUT2D eigenvalue weighted by Gasteiger charge is -2.15. The van der Waals surface area contributed by atoms with Crippen LogP contribution in [0.5, 0.6) is 0 Å². The van der Waals surface area contributed by atoms with E-state index in [1.807, 2.05) is 12.4 Å². The van der Waals surface area contributed by atoms with Crippen LogP contribution in [-0.2, 0) is 13.0 Å². The van der Waals surface area contributed by atoms with E-state index in [0.717, 1.165) is 17.4 Å². The molecule has 0 amide bonds. The van der Waals surface area contributed by atoms with Crippen molar-refractivity contribution < 1.29 is 0 Å². The van der Waals surface area contributed by atoms with Gasteiger partial charge in [0.05, 0.1) is 0 Å². The van der Waals surface area contributed by atoms with Crippen molar-refractivity contribution in [3.05, 3.63) is 76.5 Å². The van der Waals surface area contributed by atoms with E-state index in [1.54, 1.807) is 0 Å². The largest absolute Gasteiger partial charge is 0.310 e. The highest BCUT2D eigenvalue weighted by molar-refractivity contribution is 9.10. The molecule has 112 valence electrons. The van der Waals surface area contributed by atoms with Gasteiger partial charge in [-0.1, -0.05) is 52.3 Å². The van der Waals surface area contributed by atoms with Gasteiger partial charge in [-0.05, 0) is 42.0 Å². The molecule has 2 aromatic carbocycles. The predicted molar refractivity (Wildman–Crippen MR) is 95.9 cm³/mol. The molecule has 0 spiro atoms. The van der Waals surface area contributed by atoms with E-state index < -0.39 is 0 Å². The molecule has 0 saturated heterocycles. The fraction of sp³-hybridized carbons (Fsp3) is 0.211. The van der Waals surface area contributed by atoms with Crippen LogP contribution < -0.4 is 5.32 Å². The standard InChI is InChI=1S/C19H19BrN2/c1-14(10-15-6-8-18(20)9-7-15)22-13-17-12-21-11-16-4-2-3-5-19(16)17/h2-9,11-12,14,22H,10,13H2,1H3. The second kappa shape index (κ2) is 7.03. The molecular formula is C19H19BrN2. The van der Waals surface area contributed by atoms with E-state index in [4.69, 9.17) is 0 Å². The third-order valence-electron chi connectivity index (χ3n) is 3.85. The molecule has 0 radical (unpaired) electrons. The third-order valence-corrected chi connectivity index (χ3v) is 4.38. The summed E-state index contributed by atoms with van der Waals surface area (Å²) in [6.07, 6.45) is 4.90. The first-order valence-electron chi connectivity index (χ1n) is 7.52. The number of aromatic nitrogens is 1. The van der Waals surface area contributed by atoms with E-state index in [0.29, 0.717) is 6.04 Å². The second-order valence-corrected chi connectivity index (χ2v) is 6.55. The molecule has 2 nitrogen and oxygen atoms in total. The van der Waals surface area contributed by atoms with Gasteiger partial charge in [-0.25, -0.2) is 0 Å². The van der Waals surface area contributed by atoms with Crippen LogP contribution in [0.2, 0.25) is 0 Å². The number of hydrogen-bond donors (Lipinski definition) is 1. The highest BCUT2D eigenvalue weighted by Crippen LogP contribution is 2.17. The van der Waals surface area contributed by atoms with Crippen LogP contribution in [-0.4, -0.2) is 11.0 Å². The van der Waals surface area contributed by atoms with E-state index >= 15 is 0 Å². The Morgan fingerprint density at radius 1 is 1.05 bits per heavy atom. The van der Waals surface area contributed by atoms with Gasteiger partial charge in [0.25, 0.3) is 0 Å². The third kappa shape index (κ3) is 3.73. The zero-order chi connectivity index (χ0) is 15.4. The Kier molecular flexibility index (Phi) is 4.86. The van der Waals surface area contributed by atoms with Crippen molar-refractivity contribution in [2.45, 2.75) is 25.9 Å². The second-order valence-electron chi connectivity index (χ2n) is 5.63. The Morgan fingerprint density at radius 2 is 1.82 bits per heavy atom. The van der Waals surface area contributed by atoms with E-state index in [-0.39, 0.29) is 0 Å². The lowest BCUT2D eigenvalue weighted by Crippen LogP contribution is -2.27. The smallest absolute Gasteiger partial charge is 0.0346 e. The maximum absolute atomic E-state index is 4.34. The molecule has 0 aliphatic rings. The quantitative estimate of drug-likeness (QED) is 0.717. The SMILES string of the molecule is CC(Cc1ccc(Br)cc1)NCc1cncc2ccccc12. The summed E-state index contributed by atoms with van der Waals surface area (Å²) in [5.41, 5.74) is 2.60. The van der Waals surface area contributed by atoms with Crippen molar-refractivity contribution in [1.29, 1.82) is 0 Å². The maximum Gasteiger partial charge on any atom is 0.0346 e. The molecule has 22 heavy (non-hydrogen) atoms. The normalized spacial score (nSPS) is 12.5. The molecule has 3 aromatic rings. The van der Waals surface area contributed by atoms with Gasteiger partial charge in [0.2, 0.25) is 0 Å². The van der Waals surface area contributed by atoms with Crippen LogP contribution in [0, 0.1) is 0 Å². The van der Waals surface area contributed by atoms with Gasteiger partial charge in [-0.15, -0.1) is 0 Å². The van der Waals surface area contributed by atoms with Crippen LogP contribution in [0.15, 0.2) is 65.4 Å². The summed E-state index contributed by atoms with van der Waals surface area (Å²) >= 11 is 3.47. The minimum atomic E-state index is 0.417. The van der Waals surface area contributed by atoms with E-state index in [9.17, 15) is 0 Å². The highest BCUT2D eigenvalue weighted by atomic mass is 79.9. The van der Waals surface area contributed by atoms with Gasteiger partial charge < -0.3 is 5.32 Å². The lowest BCUT2D eigenvalue weighted by molar-refractivity contribution is 0.546. The number of pyridine rings is 1. The summed E-state index contributed by atoms with van der Waals surface area (Å²) in [5.74, 6) is 0. The zero-order valence-electron chi connectivity index (χ0n) is 12.6. The molecular weight excluding hydrogens is 336 g/mol. The molecule has 0 aliphatic carbocycles. The Hall–Kier alpha value is -1.71. The topological polar surface area (TPSA) is 24.9 Å². The maximum atomic E-state index is 4.34. The molecule has 1 heterocycles. The molecule has 1 aromatic heterocycles. The number of halogens is 1. The Balaban J connectivity index is 1.65. The summed E-state index contributed by atoms with van der Waals surface area (Å²) in [5, 5.41) is 6.08. The summed E-state index contributed by atoms with van der Waals surface area (Å²) < 4.78 is 1.12. The first-order chi connectivity index (χ1) is 10.7. The summed E-state index contributed by atoms with van der Waals surface area (Å²) in [6.45, 7) is 3.06. The molecule has 1 unspecified atom stereocenters. The van der Waals surface area contributed by atoms with Gasteiger partial charge in [0.1, 0.15) is 0 Å². The van der Waals surface area contributed by atoms with Crippen molar-refractivity contribution in [2.24, 2.45) is 0 Å². The number of benzene rings is 2. The van der Waals surface area contributed by atoms with Crippen LogP contribution >= 0.6 is 15.9 Å². The molecule has 0 saturated carbocycles. The minimum Gasteiger partial charge on any atom is -0.310 e. The monoisotopic (exact) mass is 354 g/mol. The Bertz CT molecular complexity index is 747. The molecule has 1 atom stereocenters. The molecule has 3 rings (SSSR count). The fourth-order valence-corrected chi connectivity index (χ4v) is 2.91. The number of rotatable bonds is 5. The minimum absolute atomic E-state index is 0.417. The van der Waals surface area contributed by atoms with Gasteiger partial charge in [0.15, 0.2) is 0 Å². The van der Waals surface area contributed by atoms with E-state index in [1.165, 1.54) is 21.9 Å². The first kappa shape index (κ1) is 15.2. The summed E-state index contributed by atoms with van der Waals surface area (Å²) in [7, 11) is 0. The van der Waals surface area contributed by atoms with Gasteiger partial charge >= 0.3 is 0 Å².